The van der Waals surface area contributed by atoms with Gasteiger partial charge >= 0.3 is 0 Å². The van der Waals surface area contributed by atoms with E-state index in [0.717, 1.165) is 5.56 Å². The average molecular weight is 255 g/mol. The van der Waals surface area contributed by atoms with Crippen molar-refractivity contribution in [3.05, 3.63) is 70.5 Å². The predicted molar refractivity (Wildman–Crippen MR) is 65.5 cm³/mol. The molecule has 0 radical (unpaired) electrons. The zero-order valence-electron chi connectivity index (χ0n) is 8.33. The first kappa shape index (κ1) is 11.4. The standard InChI is InChI=1S/C13H9Cl2F/c14-10-7-5-9(6-8-10)13(15)11-3-1-2-4-12(11)16/h1-8,13H. The van der Waals surface area contributed by atoms with Gasteiger partial charge in [-0.2, -0.15) is 0 Å². The normalized spacial score (nSPS) is 12.4. The molecule has 0 aromatic heterocycles. The summed E-state index contributed by atoms with van der Waals surface area (Å²) in [7, 11) is 0. The number of alkyl halides is 1. The Balaban J connectivity index is 2.35. The molecule has 0 fully saturated rings. The lowest BCUT2D eigenvalue weighted by Crippen LogP contribution is -1.96. The zero-order valence-corrected chi connectivity index (χ0v) is 9.84. The van der Waals surface area contributed by atoms with Crippen LogP contribution in [0, 0.1) is 5.82 Å². The minimum Gasteiger partial charge on any atom is -0.207 e. The molecule has 0 saturated heterocycles. The van der Waals surface area contributed by atoms with Crippen molar-refractivity contribution in [3.63, 3.8) is 0 Å². The molecule has 1 atom stereocenters. The Hall–Kier alpha value is -1.05. The smallest absolute Gasteiger partial charge is 0.128 e. The van der Waals surface area contributed by atoms with Crippen LogP contribution in [0.4, 0.5) is 4.39 Å². The zero-order chi connectivity index (χ0) is 11.5. The van der Waals surface area contributed by atoms with E-state index < -0.39 is 5.38 Å². The second kappa shape index (κ2) is 4.86. The van der Waals surface area contributed by atoms with Crippen molar-refractivity contribution in [1.82, 2.24) is 0 Å². The van der Waals surface area contributed by atoms with Crippen LogP contribution >= 0.6 is 23.2 Å². The summed E-state index contributed by atoms with van der Waals surface area (Å²) in [5, 5.41) is 0.152. The van der Waals surface area contributed by atoms with Crippen LogP contribution < -0.4 is 0 Å². The summed E-state index contributed by atoms with van der Waals surface area (Å²) in [4.78, 5) is 0. The largest absolute Gasteiger partial charge is 0.207 e. The van der Waals surface area contributed by atoms with Crippen LogP contribution in [0.5, 0.6) is 0 Å². The molecule has 0 N–H and O–H groups in total. The molecule has 0 bridgehead atoms. The summed E-state index contributed by atoms with van der Waals surface area (Å²) < 4.78 is 13.5. The van der Waals surface area contributed by atoms with E-state index in [0.29, 0.717) is 10.6 Å². The highest BCUT2D eigenvalue weighted by molar-refractivity contribution is 6.30. The van der Waals surface area contributed by atoms with Crippen molar-refractivity contribution in [2.45, 2.75) is 5.38 Å². The third-order valence-corrected chi connectivity index (χ3v) is 3.08. The maximum absolute atomic E-state index is 13.5. The first-order chi connectivity index (χ1) is 7.68. The van der Waals surface area contributed by atoms with E-state index in [2.05, 4.69) is 0 Å². The number of halogens is 3. The fraction of sp³-hybridized carbons (Fsp3) is 0.0769. The van der Waals surface area contributed by atoms with Gasteiger partial charge in [-0.15, -0.1) is 11.6 Å². The maximum Gasteiger partial charge on any atom is 0.128 e. The van der Waals surface area contributed by atoms with Crippen LogP contribution in [0.15, 0.2) is 48.5 Å². The van der Waals surface area contributed by atoms with Crippen LogP contribution in [0.25, 0.3) is 0 Å². The predicted octanol–water partition coefficient (Wildman–Crippen LogP) is 4.81. The molecule has 0 saturated carbocycles. The third kappa shape index (κ3) is 2.37. The molecule has 2 aromatic carbocycles. The molecule has 0 aliphatic heterocycles. The van der Waals surface area contributed by atoms with Gasteiger partial charge in [0.15, 0.2) is 0 Å². The molecule has 0 aliphatic carbocycles. The SMILES string of the molecule is Fc1ccccc1C(Cl)c1ccc(Cl)cc1. The number of rotatable bonds is 2. The second-order valence-electron chi connectivity index (χ2n) is 3.44. The van der Waals surface area contributed by atoms with E-state index in [-0.39, 0.29) is 5.82 Å². The molecule has 82 valence electrons. The van der Waals surface area contributed by atoms with Crippen molar-refractivity contribution in [2.24, 2.45) is 0 Å². The molecule has 0 amide bonds. The Morgan fingerprint density at radius 3 is 2.19 bits per heavy atom. The fourth-order valence-electron chi connectivity index (χ4n) is 1.49. The molecular formula is C13H9Cl2F. The van der Waals surface area contributed by atoms with Crippen LogP contribution in [-0.2, 0) is 0 Å². The Labute approximate surface area is 104 Å². The number of hydrogen-bond acceptors (Lipinski definition) is 0. The van der Waals surface area contributed by atoms with Crippen molar-refractivity contribution in [3.8, 4) is 0 Å². The molecule has 16 heavy (non-hydrogen) atoms. The van der Waals surface area contributed by atoms with E-state index in [4.69, 9.17) is 23.2 Å². The van der Waals surface area contributed by atoms with Crippen molar-refractivity contribution >= 4 is 23.2 Å². The molecule has 2 aromatic rings. The Morgan fingerprint density at radius 1 is 0.938 bits per heavy atom. The van der Waals surface area contributed by atoms with Crippen LogP contribution in [-0.4, -0.2) is 0 Å². The van der Waals surface area contributed by atoms with Crippen molar-refractivity contribution in [2.75, 3.05) is 0 Å². The molecule has 3 heteroatoms. The Kier molecular flexibility index (Phi) is 3.47. The van der Waals surface area contributed by atoms with E-state index in [1.807, 2.05) is 0 Å². The van der Waals surface area contributed by atoms with Gasteiger partial charge in [0.05, 0.1) is 5.38 Å². The topological polar surface area (TPSA) is 0 Å². The van der Waals surface area contributed by atoms with E-state index in [1.54, 1.807) is 42.5 Å². The summed E-state index contributed by atoms with van der Waals surface area (Å²) in [5.74, 6) is -0.294. The van der Waals surface area contributed by atoms with Gasteiger partial charge < -0.3 is 0 Å². The van der Waals surface area contributed by atoms with Gasteiger partial charge in [-0.25, -0.2) is 4.39 Å². The van der Waals surface area contributed by atoms with Gasteiger partial charge in [-0.05, 0) is 23.8 Å². The molecule has 1 unspecified atom stereocenters. The van der Waals surface area contributed by atoms with E-state index in [9.17, 15) is 4.39 Å². The fourth-order valence-corrected chi connectivity index (χ4v) is 1.94. The molecule has 0 spiro atoms. The van der Waals surface area contributed by atoms with Crippen LogP contribution in [0.1, 0.15) is 16.5 Å². The van der Waals surface area contributed by atoms with Crippen LogP contribution in [0.2, 0.25) is 5.02 Å². The van der Waals surface area contributed by atoms with Gasteiger partial charge in [0.25, 0.3) is 0 Å². The highest BCUT2D eigenvalue weighted by Crippen LogP contribution is 2.30. The summed E-state index contributed by atoms with van der Waals surface area (Å²) in [6.45, 7) is 0. The quantitative estimate of drug-likeness (QED) is 0.675. The highest BCUT2D eigenvalue weighted by Gasteiger charge is 2.14. The molecule has 0 aliphatic rings. The molecule has 0 heterocycles. The van der Waals surface area contributed by atoms with Crippen molar-refractivity contribution < 1.29 is 4.39 Å². The van der Waals surface area contributed by atoms with Gasteiger partial charge in [0.2, 0.25) is 0 Å². The van der Waals surface area contributed by atoms with E-state index in [1.165, 1.54) is 6.07 Å². The lowest BCUT2D eigenvalue weighted by Gasteiger charge is -2.11. The maximum atomic E-state index is 13.5. The summed E-state index contributed by atoms with van der Waals surface area (Å²) in [6.07, 6.45) is 0. The highest BCUT2D eigenvalue weighted by atomic mass is 35.5. The number of benzene rings is 2. The Bertz CT molecular complexity index is 480. The Morgan fingerprint density at radius 2 is 1.56 bits per heavy atom. The molecule has 2 rings (SSSR count). The minimum atomic E-state index is -0.488. The van der Waals surface area contributed by atoms with Gasteiger partial charge in [0.1, 0.15) is 5.82 Å². The third-order valence-electron chi connectivity index (χ3n) is 2.34. The molecular weight excluding hydrogens is 246 g/mol. The summed E-state index contributed by atoms with van der Waals surface area (Å²) in [5.41, 5.74) is 1.31. The lowest BCUT2D eigenvalue weighted by atomic mass is 10.0. The van der Waals surface area contributed by atoms with Gasteiger partial charge in [0, 0.05) is 10.6 Å². The average Bonchev–Trinajstić information content (AvgIpc) is 2.30. The van der Waals surface area contributed by atoms with Crippen molar-refractivity contribution in [1.29, 1.82) is 0 Å². The summed E-state index contributed by atoms with van der Waals surface area (Å²) in [6, 6.07) is 13.6. The summed E-state index contributed by atoms with van der Waals surface area (Å²) >= 11 is 12.0. The first-order valence-electron chi connectivity index (χ1n) is 4.82. The molecule has 0 nitrogen and oxygen atoms in total. The first-order valence-corrected chi connectivity index (χ1v) is 5.64. The van der Waals surface area contributed by atoms with Crippen LogP contribution in [0.3, 0.4) is 0 Å². The minimum absolute atomic E-state index is 0.294. The lowest BCUT2D eigenvalue weighted by molar-refractivity contribution is 0.612. The second-order valence-corrected chi connectivity index (χ2v) is 4.31. The number of hydrogen-bond donors (Lipinski definition) is 0. The van der Waals surface area contributed by atoms with E-state index >= 15 is 0 Å². The van der Waals surface area contributed by atoms with Gasteiger partial charge in [-0.1, -0.05) is 41.9 Å². The monoisotopic (exact) mass is 254 g/mol. The van der Waals surface area contributed by atoms with Gasteiger partial charge in [-0.3, -0.25) is 0 Å².